The van der Waals surface area contributed by atoms with Crippen LogP contribution in [0.1, 0.15) is 34.3 Å². The minimum atomic E-state index is -0.617. The molecule has 0 aromatic carbocycles. The average Bonchev–Trinajstić information content (AvgIpc) is 2.56. The Morgan fingerprint density at radius 3 is 2.47 bits per heavy atom. The van der Waals surface area contributed by atoms with E-state index in [1.807, 2.05) is 32.9 Å². The first-order chi connectivity index (χ1) is 8.90. The van der Waals surface area contributed by atoms with Crippen LogP contribution in [0, 0.1) is 20.8 Å². The average molecular weight is 280 g/mol. The molecule has 0 saturated heterocycles. The second-order valence-corrected chi connectivity index (χ2v) is 5.18. The fourth-order valence-electron chi connectivity index (χ4n) is 2.26. The largest absolute Gasteiger partial charge is 0.388 e. The van der Waals surface area contributed by atoms with E-state index in [1.54, 1.807) is 11.7 Å². The SMILES string of the molecule is Cc1ccc(C(O)Cc2c(C)nn(C)c2Cl)c(C)n1. The summed E-state index contributed by atoms with van der Waals surface area (Å²) in [7, 11) is 1.80. The van der Waals surface area contributed by atoms with Gasteiger partial charge in [0.1, 0.15) is 5.15 Å². The van der Waals surface area contributed by atoms with Crippen LogP contribution in [0.25, 0.3) is 0 Å². The zero-order valence-corrected chi connectivity index (χ0v) is 12.4. The number of aromatic nitrogens is 3. The summed E-state index contributed by atoms with van der Waals surface area (Å²) < 4.78 is 1.62. The molecule has 1 unspecified atom stereocenters. The lowest BCUT2D eigenvalue weighted by atomic mass is 10.0. The number of aryl methyl sites for hydroxylation is 4. The minimum Gasteiger partial charge on any atom is -0.388 e. The first kappa shape index (κ1) is 14.0. The predicted molar refractivity (Wildman–Crippen MR) is 75.3 cm³/mol. The highest BCUT2D eigenvalue weighted by atomic mass is 35.5. The highest BCUT2D eigenvalue weighted by Crippen LogP contribution is 2.26. The van der Waals surface area contributed by atoms with Crippen molar-refractivity contribution in [3.63, 3.8) is 0 Å². The highest BCUT2D eigenvalue weighted by Gasteiger charge is 2.18. The molecule has 1 N–H and O–H groups in total. The second kappa shape index (κ2) is 5.31. The van der Waals surface area contributed by atoms with Gasteiger partial charge in [-0.25, -0.2) is 0 Å². The van der Waals surface area contributed by atoms with Crippen molar-refractivity contribution in [2.45, 2.75) is 33.3 Å². The van der Waals surface area contributed by atoms with E-state index in [4.69, 9.17) is 11.6 Å². The quantitative estimate of drug-likeness (QED) is 0.940. The molecule has 0 amide bonds. The number of rotatable bonds is 3. The molecule has 0 fully saturated rings. The second-order valence-electron chi connectivity index (χ2n) is 4.83. The number of nitrogens with zero attached hydrogens (tertiary/aromatic N) is 3. The zero-order chi connectivity index (χ0) is 14.2. The smallest absolute Gasteiger partial charge is 0.130 e. The van der Waals surface area contributed by atoms with Gasteiger partial charge in [0.25, 0.3) is 0 Å². The summed E-state index contributed by atoms with van der Waals surface area (Å²) in [6.07, 6.45) is -0.169. The normalized spacial score (nSPS) is 12.7. The molecule has 4 nitrogen and oxygen atoms in total. The summed E-state index contributed by atoms with van der Waals surface area (Å²) in [5, 5.41) is 15.2. The molecule has 0 bridgehead atoms. The Bertz CT molecular complexity index is 607. The molecule has 102 valence electrons. The summed E-state index contributed by atoms with van der Waals surface area (Å²) in [4.78, 5) is 4.37. The number of halogens is 1. The maximum Gasteiger partial charge on any atom is 0.130 e. The van der Waals surface area contributed by atoms with E-state index in [0.717, 1.165) is 28.2 Å². The van der Waals surface area contributed by atoms with Crippen molar-refractivity contribution in [1.82, 2.24) is 14.8 Å². The number of aliphatic hydroxyl groups excluding tert-OH is 1. The van der Waals surface area contributed by atoms with E-state index in [9.17, 15) is 5.11 Å². The van der Waals surface area contributed by atoms with E-state index in [2.05, 4.69) is 10.1 Å². The van der Waals surface area contributed by atoms with Gasteiger partial charge in [-0.1, -0.05) is 17.7 Å². The van der Waals surface area contributed by atoms with Crippen molar-refractivity contribution < 1.29 is 5.11 Å². The van der Waals surface area contributed by atoms with Crippen LogP contribution in [-0.4, -0.2) is 19.9 Å². The Kier molecular flexibility index (Phi) is 3.92. The Balaban J connectivity index is 2.28. The maximum absolute atomic E-state index is 10.4. The molecule has 0 aliphatic heterocycles. The minimum absolute atomic E-state index is 0.448. The summed E-state index contributed by atoms with van der Waals surface area (Å²) in [6, 6.07) is 3.82. The Morgan fingerprint density at radius 2 is 1.95 bits per heavy atom. The molecule has 0 aliphatic rings. The molecule has 5 heteroatoms. The van der Waals surface area contributed by atoms with Gasteiger partial charge in [-0.2, -0.15) is 5.10 Å². The van der Waals surface area contributed by atoms with Crippen LogP contribution in [0.15, 0.2) is 12.1 Å². The van der Waals surface area contributed by atoms with E-state index in [1.165, 1.54) is 0 Å². The molecule has 2 aromatic rings. The van der Waals surface area contributed by atoms with Crippen molar-refractivity contribution in [3.05, 3.63) is 45.5 Å². The lowest BCUT2D eigenvalue weighted by Crippen LogP contribution is -2.06. The predicted octanol–water partition coefficient (Wildman–Crippen LogP) is 2.67. The molecule has 0 aliphatic carbocycles. The number of hydrogen-bond acceptors (Lipinski definition) is 3. The van der Waals surface area contributed by atoms with Crippen LogP contribution in [0.4, 0.5) is 0 Å². The molecule has 1 atom stereocenters. The van der Waals surface area contributed by atoms with E-state index in [0.29, 0.717) is 11.6 Å². The number of pyridine rings is 1. The van der Waals surface area contributed by atoms with E-state index < -0.39 is 6.10 Å². The van der Waals surface area contributed by atoms with Crippen molar-refractivity contribution in [3.8, 4) is 0 Å². The van der Waals surface area contributed by atoms with Gasteiger partial charge in [0, 0.05) is 36.0 Å². The topological polar surface area (TPSA) is 50.9 Å². The van der Waals surface area contributed by atoms with Crippen LogP contribution in [0.5, 0.6) is 0 Å². The summed E-state index contributed by atoms with van der Waals surface area (Å²) in [5.74, 6) is 0. The highest BCUT2D eigenvalue weighted by molar-refractivity contribution is 6.30. The Morgan fingerprint density at radius 1 is 1.26 bits per heavy atom. The monoisotopic (exact) mass is 279 g/mol. The van der Waals surface area contributed by atoms with Gasteiger partial charge in [0.15, 0.2) is 0 Å². The molecule has 2 heterocycles. The first-order valence-corrected chi connectivity index (χ1v) is 6.58. The third-order valence-corrected chi connectivity index (χ3v) is 3.77. The lowest BCUT2D eigenvalue weighted by Gasteiger charge is -2.13. The van der Waals surface area contributed by atoms with Crippen LogP contribution in [0.3, 0.4) is 0 Å². The molecular weight excluding hydrogens is 262 g/mol. The van der Waals surface area contributed by atoms with Crippen LogP contribution in [0.2, 0.25) is 5.15 Å². The number of hydrogen-bond donors (Lipinski definition) is 1. The summed E-state index contributed by atoms with van der Waals surface area (Å²) >= 11 is 6.18. The Hall–Kier alpha value is -1.39. The third-order valence-electron chi connectivity index (χ3n) is 3.29. The Labute approximate surface area is 118 Å². The molecule has 2 rings (SSSR count). The van der Waals surface area contributed by atoms with Gasteiger partial charge in [-0.3, -0.25) is 9.67 Å². The van der Waals surface area contributed by atoms with Crippen LogP contribution >= 0.6 is 11.6 Å². The van der Waals surface area contributed by atoms with E-state index >= 15 is 0 Å². The fourth-order valence-corrected chi connectivity index (χ4v) is 2.51. The van der Waals surface area contributed by atoms with Gasteiger partial charge < -0.3 is 5.11 Å². The first-order valence-electron chi connectivity index (χ1n) is 6.20. The summed E-state index contributed by atoms with van der Waals surface area (Å²) in [6.45, 7) is 5.74. The molecule has 19 heavy (non-hydrogen) atoms. The van der Waals surface area contributed by atoms with Gasteiger partial charge in [0.05, 0.1) is 11.8 Å². The third kappa shape index (κ3) is 2.80. The number of aliphatic hydroxyl groups is 1. The molecule has 0 spiro atoms. The van der Waals surface area contributed by atoms with Gasteiger partial charge in [-0.15, -0.1) is 0 Å². The molecule has 0 saturated carbocycles. The van der Waals surface area contributed by atoms with Crippen LogP contribution in [-0.2, 0) is 13.5 Å². The lowest BCUT2D eigenvalue weighted by molar-refractivity contribution is 0.177. The maximum atomic E-state index is 10.4. The van der Waals surface area contributed by atoms with Crippen molar-refractivity contribution >= 4 is 11.6 Å². The standard InChI is InChI=1S/C14H18ClN3O/c1-8-5-6-11(9(2)16-8)13(19)7-12-10(3)17-18(4)14(12)15/h5-6,13,19H,7H2,1-4H3. The summed E-state index contributed by atoms with van der Waals surface area (Å²) in [5.41, 5.74) is 4.38. The van der Waals surface area contributed by atoms with Gasteiger partial charge >= 0.3 is 0 Å². The van der Waals surface area contributed by atoms with Crippen molar-refractivity contribution in [2.24, 2.45) is 7.05 Å². The van der Waals surface area contributed by atoms with Crippen molar-refractivity contribution in [2.75, 3.05) is 0 Å². The van der Waals surface area contributed by atoms with E-state index in [-0.39, 0.29) is 0 Å². The van der Waals surface area contributed by atoms with Crippen molar-refractivity contribution in [1.29, 1.82) is 0 Å². The van der Waals surface area contributed by atoms with Gasteiger partial charge in [0.2, 0.25) is 0 Å². The molecular formula is C14H18ClN3O. The van der Waals surface area contributed by atoms with Gasteiger partial charge in [-0.05, 0) is 26.8 Å². The fraction of sp³-hybridized carbons (Fsp3) is 0.429. The molecule has 2 aromatic heterocycles. The zero-order valence-electron chi connectivity index (χ0n) is 11.6. The molecule has 0 radical (unpaired) electrons. The van der Waals surface area contributed by atoms with Crippen LogP contribution < -0.4 is 0 Å².